The summed E-state index contributed by atoms with van der Waals surface area (Å²) in [6, 6.07) is 10.6. The van der Waals surface area contributed by atoms with Crippen molar-refractivity contribution in [3.63, 3.8) is 0 Å². The van der Waals surface area contributed by atoms with Crippen LogP contribution in [0.2, 0.25) is 0 Å². The zero-order valence-electron chi connectivity index (χ0n) is 19.5. The molecule has 0 aliphatic heterocycles. The first-order chi connectivity index (χ1) is 15.0. The average Bonchev–Trinajstić information content (AvgIpc) is 3.16. The molecule has 0 spiro atoms. The topological polar surface area (TPSA) is 38.7 Å². The van der Waals surface area contributed by atoms with Gasteiger partial charge in [-0.2, -0.15) is 0 Å². The van der Waals surface area contributed by atoms with E-state index >= 15 is 0 Å². The van der Waals surface area contributed by atoms with Crippen LogP contribution in [0.25, 0.3) is 16.8 Å². The van der Waals surface area contributed by atoms with Gasteiger partial charge in [0.15, 0.2) is 12.2 Å². The number of aryl methyl sites for hydroxylation is 2. The Labute approximate surface area is 187 Å². The maximum Gasteiger partial charge on any atom is 0.174 e. The zero-order chi connectivity index (χ0) is 22.4. The van der Waals surface area contributed by atoms with Gasteiger partial charge in [0.05, 0.1) is 12.8 Å². The van der Waals surface area contributed by atoms with Crippen LogP contribution in [0.1, 0.15) is 78.6 Å². The van der Waals surface area contributed by atoms with Crippen molar-refractivity contribution in [3.05, 3.63) is 64.7 Å². The van der Waals surface area contributed by atoms with Crippen molar-refractivity contribution < 1.29 is 9.53 Å². The lowest BCUT2D eigenvalue weighted by molar-refractivity contribution is 0.0994. The molecule has 0 saturated carbocycles. The Bertz CT molecular complexity index is 983. The average molecular weight is 418 g/mol. The van der Waals surface area contributed by atoms with Crippen molar-refractivity contribution in [1.29, 1.82) is 0 Å². The minimum absolute atomic E-state index is 0.266. The fourth-order valence-corrected chi connectivity index (χ4v) is 4.67. The van der Waals surface area contributed by atoms with E-state index in [9.17, 15) is 4.79 Å². The number of rotatable bonds is 10. The van der Waals surface area contributed by atoms with Gasteiger partial charge in [0, 0.05) is 17.5 Å². The molecule has 0 aromatic heterocycles. The van der Waals surface area contributed by atoms with Crippen molar-refractivity contribution >= 4 is 17.9 Å². The molecular weight excluding hydrogens is 382 g/mol. The van der Waals surface area contributed by atoms with Crippen LogP contribution < -0.4 is 0 Å². The number of Topliss-reactive ketones (excluding diaryl/α,β-unsaturated/α-hetero) is 1. The Hall–Kier alpha value is -2.68. The van der Waals surface area contributed by atoms with Gasteiger partial charge in [-0.1, -0.05) is 64.0 Å². The number of carbonyl (C=O) groups is 1. The number of fused-ring (bicyclic) bond motifs is 1. The molecule has 0 bridgehead atoms. The minimum Gasteiger partial charge on any atom is -0.486 e. The predicted molar refractivity (Wildman–Crippen MR) is 131 cm³/mol. The van der Waals surface area contributed by atoms with Crippen molar-refractivity contribution in [3.8, 4) is 11.1 Å². The highest BCUT2D eigenvalue weighted by Crippen LogP contribution is 2.39. The van der Waals surface area contributed by atoms with Gasteiger partial charge >= 0.3 is 0 Å². The number of carbonyl (C=O) groups excluding carboxylic acids is 1. The first kappa shape index (κ1) is 23.0. The molecule has 164 valence electrons. The maximum atomic E-state index is 12.5. The molecular formula is C28H35NO2. The second-order valence-electron chi connectivity index (χ2n) is 8.57. The van der Waals surface area contributed by atoms with E-state index in [0.29, 0.717) is 12.1 Å². The summed E-state index contributed by atoms with van der Waals surface area (Å²) in [5.41, 5.74) is 8.77. The summed E-state index contributed by atoms with van der Waals surface area (Å²) in [4.78, 5) is 16.7. The van der Waals surface area contributed by atoms with Gasteiger partial charge in [-0.05, 0) is 66.0 Å². The molecule has 1 aliphatic carbocycles. The summed E-state index contributed by atoms with van der Waals surface area (Å²) >= 11 is 0. The van der Waals surface area contributed by atoms with E-state index < -0.39 is 0 Å². The Morgan fingerprint density at radius 3 is 2.65 bits per heavy atom. The smallest absolute Gasteiger partial charge is 0.174 e. The molecule has 0 atom stereocenters. The van der Waals surface area contributed by atoms with Crippen molar-refractivity contribution in [2.24, 2.45) is 10.9 Å². The summed E-state index contributed by atoms with van der Waals surface area (Å²) in [5, 5.41) is 0. The lowest BCUT2D eigenvalue weighted by Gasteiger charge is -2.19. The van der Waals surface area contributed by atoms with E-state index in [1.165, 1.54) is 59.9 Å². The molecule has 0 N–H and O–H groups in total. The Morgan fingerprint density at radius 1 is 1.16 bits per heavy atom. The monoisotopic (exact) mass is 417 g/mol. The summed E-state index contributed by atoms with van der Waals surface area (Å²) < 4.78 is 4.96. The van der Waals surface area contributed by atoms with Crippen LogP contribution in [0, 0.1) is 12.8 Å². The molecule has 0 amide bonds. The largest absolute Gasteiger partial charge is 0.486 e. The number of benzene rings is 2. The molecule has 0 fully saturated rings. The number of aliphatic imine (C=N–C) groups is 1. The Balaban J connectivity index is 2.03. The molecule has 2 aromatic rings. The number of methoxy groups -OCH3 is 1. The lowest BCUT2D eigenvalue weighted by Crippen LogP contribution is -2.02. The second kappa shape index (κ2) is 10.6. The standard InChI is InChI=1S/C28H35NO2/c1-6-21(7-2)9-8-10-22-13-14-24-25(15-16-27(24)30)28(22)26-17-23(12-11-19(26)3)20(4)29-18-31-5/h11-14,17-18,21H,4,6-10,15-16H2,1-3,5H3. The third-order valence-electron chi connectivity index (χ3n) is 6.67. The van der Waals surface area contributed by atoms with Crippen molar-refractivity contribution in [2.75, 3.05) is 7.11 Å². The third-order valence-corrected chi connectivity index (χ3v) is 6.67. The molecule has 1 aliphatic rings. The molecule has 0 heterocycles. The maximum absolute atomic E-state index is 12.5. The van der Waals surface area contributed by atoms with Crippen molar-refractivity contribution in [1.82, 2.24) is 0 Å². The van der Waals surface area contributed by atoms with Gasteiger partial charge in [0.25, 0.3) is 0 Å². The third kappa shape index (κ3) is 5.15. The van der Waals surface area contributed by atoms with E-state index in [1.54, 1.807) is 7.11 Å². The Morgan fingerprint density at radius 2 is 1.94 bits per heavy atom. The number of ketones is 1. The van der Waals surface area contributed by atoms with E-state index in [1.807, 2.05) is 0 Å². The highest BCUT2D eigenvalue weighted by Gasteiger charge is 2.25. The normalized spacial score (nSPS) is 13.3. The molecule has 31 heavy (non-hydrogen) atoms. The molecule has 0 unspecified atom stereocenters. The number of ether oxygens (including phenoxy) is 1. The quantitative estimate of drug-likeness (QED) is 0.303. The number of hydrogen-bond donors (Lipinski definition) is 0. The van der Waals surface area contributed by atoms with Crippen molar-refractivity contribution in [2.45, 2.75) is 65.7 Å². The van der Waals surface area contributed by atoms with E-state index in [2.05, 4.69) is 62.7 Å². The van der Waals surface area contributed by atoms with Crippen LogP contribution in [0.3, 0.4) is 0 Å². The van der Waals surface area contributed by atoms with Crippen LogP contribution >= 0.6 is 0 Å². The van der Waals surface area contributed by atoms with E-state index in [-0.39, 0.29) is 5.78 Å². The molecule has 0 saturated heterocycles. The lowest BCUT2D eigenvalue weighted by atomic mass is 9.86. The van der Waals surface area contributed by atoms with Gasteiger partial charge in [-0.25, -0.2) is 4.99 Å². The van der Waals surface area contributed by atoms with Crippen LogP contribution in [-0.4, -0.2) is 19.3 Å². The van der Waals surface area contributed by atoms with Gasteiger partial charge in [-0.3, -0.25) is 4.79 Å². The van der Waals surface area contributed by atoms with Gasteiger partial charge < -0.3 is 4.74 Å². The molecule has 3 heteroatoms. The summed E-state index contributed by atoms with van der Waals surface area (Å²) in [5.74, 6) is 1.06. The van der Waals surface area contributed by atoms with Crippen LogP contribution in [0.4, 0.5) is 0 Å². The molecule has 3 nitrogen and oxygen atoms in total. The number of nitrogens with zero attached hydrogens (tertiary/aromatic N) is 1. The first-order valence-corrected chi connectivity index (χ1v) is 11.5. The number of hydrogen-bond acceptors (Lipinski definition) is 3. The van der Waals surface area contributed by atoms with Gasteiger partial charge in [0.2, 0.25) is 0 Å². The van der Waals surface area contributed by atoms with E-state index in [0.717, 1.165) is 29.9 Å². The second-order valence-corrected chi connectivity index (χ2v) is 8.57. The molecule has 3 rings (SSSR count). The fourth-order valence-electron chi connectivity index (χ4n) is 4.67. The molecule has 2 aromatic carbocycles. The Kier molecular flexibility index (Phi) is 7.84. The summed E-state index contributed by atoms with van der Waals surface area (Å²) in [7, 11) is 1.58. The highest BCUT2D eigenvalue weighted by atomic mass is 16.5. The zero-order valence-corrected chi connectivity index (χ0v) is 19.5. The fraction of sp³-hybridized carbons (Fsp3) is 0.429. The van der Waals surface area contributed by atoms with Gasteiger partial charge in [-0.15, -0.1) is 0 Å². The van der Waals surface area contributed by atoms with Gasteiger partial charge in [0.1, 0.15) is 0 Å². The highest BCUT2D eigenvalue weighted by molar-refractivity contribution is 6.03. The SMILES string of the molecule is C=C(N=COC)c1ccc(C)c(-c2c(CCCC(CC)CC)ccc3c2CCC3=O)c1. The van der Waals surface area contributed by atoms with Crippen LogP contribution in [0.5, 0.6) is 0 Å². The summed E-state index contributed by atoms with van der Waals surface area (Å²) in [6.07, 6.45) is 8.81. The van der Waals surface area contributed by atoms with E-state index in [4.69, 9.17) is 4.74 Å². The van der Waals surface area contributed by atoms with Crippen LogP contribution in [0.15, 0.2) is 41.9 Å². The minimum atomic E-state index is 0.266. The molecule has 0 radical (unpaired) electrons. The van der Waals surface area contributed by atoms with Crippen LogP contribution in [-0.2, 0) is 17.6 Å². The first-order valence-electron chi connectivity index (χ1n) is 11.5. The summed E-state index contributed by atoms with van der Waals surface area (Å²) in [6.45, 7) is 10.8. The predicted octanol–water partition coefficient (Wildman–Crippen LogP) is 7.20.